The SMILES string of the molecule is c1ccc2cc3c(cc2c1)c1c2ccccc2ccc1n3-c1cnc2c(n1)c1ccccc1n2-c1ccc2oc3ccccc3c2c1. The summed E-state index contributed by atoms with van der Waals surface area (Å²) >= 11 is 0. The van der Waals surface area contributed by atoms with Crippen molar-refractivity contribution in [2.75, 3.05) is 0 Å². The highest BCUT2D eigenvalue weighted by Crippen LogP contribution is 2.40. The molecule has 0 N–H and O–H groups in total. The van der Waals surface area contributed by atoms with E-state index in [1.807, 2.05) is 18.3 Å². The van der Waals surface area contributed by atoms with Gasteiger partial charge in [-0.2, -0.15) is 0 Å². The van der Waals surface area contributed by atoms with E-state index in [9.17, 15) is 0 Å². The highest BCUT2D eigenvalue weighted by molar-refractivity contribution is 6.23. The summed E-state index contributed by atoms with van der Waals surface area (Å²) < 4.78 is 10.6. The van der Waals surface area contributed by atoms with Crippen molar-refractivity contribution in [3.8, 4) is 11.5 Å². The van der Waals surface area contributed by atoms with Crippen LogP contribution in [-0.2, 0) is 0 Å². The Labute approximate surface area is 267 Å². The van der Waals surface area contributed by atoms with Gasteiger partial charge in [0.05, 0.1) is 22.7 Å². The Balaban J connectivity index is 1.22. The number of para-hydroxylation sites is 2. The maximum absolute atomic E-state index is 6.14. The van der Waals surface area contributed by atoms with Gasteiger partial charge < -0.3 is 4.42 Å². The molecule has 0 aliphatic carbocycles. The Bertz CT molecular complexity index is 3090. The van der Waals surface area contributed by atoms with Gasteiger partial charge in [0, 0.05) is 32.6 Å². The zero-order valence-corrected chi connectivity index (χ0v) is 25.1. The van der Waals surface area contributed by atoms with Gasteiger partial charge in [-0.25, -0.2) is 9.97 Å². The molecule has 218 valence electrons. The van der Waals surface area contributed by atoms with Crippen LogP contribution in [0.15, 0.2) is 150 Å². The molecule has 0 aliphatic heterocycles. The van der Waals surface area contributed by atoms with Crippen molar-refractivity contribution in [1.82, 2.24) is 19.1 Å². The van der Waals surface area contributed by atoms with Crippen LogP contribution in [0.1, 0.15) is 0 Å². The van der Waals surface area contributed by atoms with Gasteiger partial charge in [-0.05, 0) is 70.1 Å². The number of nitrogens with zero attached hydrogens (tertiary/aromatic N) is 4. The van der Waals surface area contributed by atoms with Gasteiger partial charge in [0.25, 0.3) is 0 Å². The summed E-state index contributed by atoms with van der Waals surface area (Å²) in [6.07, 6.45) is 1.92. The zero-order chi connectivity index (χ0) is 30.6. The summed E-state index contributed by atoms with van der Waals surface area (Å²) in [5.41, 5.74) is 7.76. The van der Waals surface area contributed by atoms with E-state index in [0.717, 1.165) is 66.5 Å². The average molecular weight is 601 g/mol. The molecule has 5 heteroatoms. The summed E-state index contributed by atoms with van der Waals surface area (Å²) in [6, 6.07) is 49.2. The molecule has 0 saturated carbocycles. The molecule has 0 radical (unpaired) electrons. The van der Waals surface area contributed by atoms with E-state index < -0.39 is 0 Å². The van der Waals surface area contributed by atoms with Crippen molar-refractivity contribution < 1.29 is 4.42 Å². The van der Waals surface area contributed by atoms with Crippen LogP contribution < -0.4 is 0 Å². The number of benzene rings is 7. The Morgan fingerprint density at radius 2 is 1.19 bits per heavy atom. The van der Waals surface area contributed by atoms with Crippen LogP contribution in [-0.4, -0.2) is 19.1 Å². The lowest BCUT2D eigenvalue weighted by Crippen LogP contribution is -2.01. The molecular weight excluding hydrogens is 576 g/mol. The highest BCUT2D eigenvalue weighted by atomic mass is 16.3. The van der Waals surface area contributed by atoms with Crippen LogP contribution in [0.5, 0.6) is 0 Å². The predicted molar refractivity (Wildman–Crippen MR) is 193 cm³/mol. The minimum Gasteiger partial charge on any atom is -0.456 e. The fourth-order valence-corrected chi connectivity index (χ4v) is 7.64. The van der Waals surface area contributed by atoms with Gasteiger partial charge in [-0.1, -0.05) is 91.0 Å². The molecule has 0 spiro atoms. The molecule has 5 nitrogen and oxygen atoms in total. The fourth-order valence-electron chi connectivity index (χ4n) is 7.64. The second kappa shape index (κ2) is 9.05. The Morgan fingerprint density at radius 3 is 2.09 bits per heavy atom. The number of aromatic nitrogens is 4. The van der Waals surface area contributed by atoms with Gasteiger partial charge in [-0.3, -0.25) is 9.13 Å². The zero-order valence-electron chi connectivity index (χ0n) is 25.1. The van der Waals surface area contributed by atoms with E-state index in [1.54, 1.807) is 0 Å². The van der Waals surface area contributed by atoms with E-state index in [1.165, 1.54) is 32.3 Å². The minimum absolute atomic E-state index is 0.794. The predicted octanol–water partition coefficient (Wildman–Crippen LogP) is 10.9. The van der Waals surface area contributed by atoms with E-state index in [0.29, 0.717) is 0 Å². The monoisotopic (exact) mass is 600 g/mol. The Hall–Kier alpha value is -6.46. The number of furan rings is 1. The third-order valence-electron chi connectivity index (χ3n) is 9.72. The number of rotatable bonds is 2. The molecule has 7 aromatic carbocycles. The normalized spacial score (nSPS) is 12.3. The van der Waals surface area contributed by atoms with Crippen LogP contribution in [0.2, 0.25) is 0 Å². The lowest BCUT2D eigenvalue weighted by molar-refractivity contribution is 0.669. The first-order valence-electron chi connectivity index (χ1n) is 15.8. The molecule has 47 heavy (non-hydrogen) atoms. The first-order chi connectivity index (χ1) is 23.3. The molecule has 0 atom stereocenters. The van der Waals surface area contributed by atoms with E-state index in [4.69, 9.17) is 14.4 Å². The van der Waals surface area contributed by atoms with E-state index in [-0.39, 0.29) is 0 Å². The smallest absolute Gasteiger partial charge is 0.164 e. The van der Waals surface area contributed by atoms with Crippen molar-refractivity contribution in [3.63, 3.8) is 0 Å². The van der Waals surface area contributed by atoms with Crippen molar-refractivity contribution in [3.05, 3.63) is 146 Å². The van der Waals surface area contributed by atoms with Crippen molar-refractivity contribution in [1.29, 1.82) is 0 Å². The van der Waals surface area contributed by atoms with Gasteiger partial charge in [-0.15, -0.1) is 0 Å². The van der Waals surface area contributed by atoms with E-state index >= 15 is 0 Å². The molecule has 0 saturated heterocycles. The highest BCUT2D eigenvalue weighted by Gasteiger charge is 2.20. The topological polar surface area (TPSA) is 48.8 Å². The average Bonchev–Trinajstić information content (AvgIpc) is 3.77. The van der Waals surface area contributed by atoms with Crippen LogP contribution in [0.25, 0.3) is 98.9 Å². The standard InChI is InChI=1S/C42H24N4O/c1-2-11-27-22-36-33(21-26(27)10-1)40-29-12-4-3-9-25(29)17-19-35(40)46(36)39-24-43-42-41(44-39)31-14-5-7-15-34(31)45(42)28-18-20-38-32(23-28)30-13-6-8-16-37(30)47-38/h1-24H. The lowest BCUT2D eigenvalue weighted by Gasteiger charge is -2.09. The van der Waals surface area contributed by atoms with Crippen LogP contribution >= 0.6 is 0 Å². The largest absolute Gasteiger partial charge is 0.456 e. The number of hydrogen-bond donors (Lipinski definition) is 0. The third kappa shape index (κ3) is 3.37. The second-order valence-corrected chi connectivity index (χ2v) is 12.3. The van der Waals surface area contributed by atoms with Gasteiger partial charge in [0.1, 0.15) is 16.7 Å². The molecule has 11 aromatic rings. The van der Waals surface area contributed by atoms with Crippen molar-refractivity contribution in [2.45, 2.75) is 0 Å². The molecule has 0 aliphatic rings. The van der Waals surface area contributed by atoms with E-state index in [2.05, 4.69) is 137 Å². The van der Waals surface area contributed by atoms with Gasteiger partial charge >= 0.3 is 0 Å². The molecule has 0 amide bonds. The van der Waals surface area contributed by atoms with Crippen molar-refractivity contribution >= 4 is 87.4 Å². The number of hydrogen-bond acceptors (Lipinski definition) is 3. The van der Waals surface area contributed by atoms with Crippen LogP contribution in [0.3, 0.4) is 0 Å². The summed E-state index contributed by atoms with van der Waals surface area (Å²) in [5.74, 6) is 0.794. The molecule has 4 heterocycles. The fraction of sp³-hybridized carbons (Fsp3) is 0. The lowest BCUT2D eigenvalue weighted by atomic mass is 10.0. The first-order valence-corrected chi connectivity index (χ1v) is 15.8. The molecule has 4 aromatic heterocycles. The van der Waals surface area contributed by atoms with Crippen LogP contribution in [0, 0.1) is 0 Å². The quantitative estimate of drug-likeness (QED) is 0.198. The van der Waals surface area contributed by atoms with Gasteiger partial charge in [0.15, 0.2) is 11.5 Å². The Morgan fingerprint density at radius 1 is 0.468 bits per heavy atom. The minimum atomic E-state index is 0.794. The Kier molecular flexibility index (Phi) is 4.78. The summed E-state index contributed by atoms with van der Waals surface area (Å²) in [7, 11) is 0. The van der Waals surface area contributed by atoms with Gasteiger partial charge in [0.2, 0.25) is 0 Å². The summed E-state index contributed by atoms with van der Waals surface area (Å²) in [4.78, 5) is 10.6. The molecule has 0 unspecified atom stereocenters. The summed E-state index contributed by atoms with van der Waals surface area (Å²) in [6.45, 7) is 0. The molecule has 0 bridgehead atoms. The third-order valence-corrected chi connectivity index (χ3v) is 9.72. The number of fused-ring (bicyclic) bond motifs is 12. The van der Waals surface area contributed by atoms with Crippen molar-refractivity contribution in [2.24, 2.45) is 0 Å². The molecule has 0 fully saturated rings. The summed E-state index contributed by atoms with van der Waals surface area (Å²) in [5, 5.41) is 10.6. The first kappa shape index (κ1) is 24.8. The maximum atomic E-state index is 6.14. The van der Waals surface area contributed by atoms with Crippen LogP contribution in [0.4, 0.5) is 0 Å². The molecular formula is C42H24N4O. The maximum Gasteiger partial charge on any atom is 0.164 e. The molecule has 11 rings (SSSR count). The second-order valence-electron chi connectivity index (χ2n) is 12.3.